The van der Waals surface area contributed by atoms with Crippen LogP contribution in [-0.4, -0.2) is 55.8 Å². The molecule has 3 atom stereocenters. The molecule has 2 saturated heterocycles. The zero-order chi connectivity index (χ0) is 15.0. The van der Waals surface area contributed by atoms with Crippen LogP contribution in [0.15, 0.2) is 0 Å². The summed E-state index contributed by atoms with van der Waals surface area (Å²) in [6, 6.07) is 0.706. The van der Waals surface area contributed by atoms with E-state index in [2.05, 4.69) is 19.2 Å². The molecular formula is C15H29N3O2S. The smallest absolute Gasteiger partial charge is 0.282 e. The van der Waals surface area contributed by atoms with Gasteiger partial charge in [-0.25, -0.2) is 0 Å². The van der Waals surface area contributed by atoms with Crippen LogP contribution in [0.5, 0.6) is 0 Å². The topological polar surface area (TPSA) is 52.7 Å². The highest BCUT2D eigenvalue weighted by Crippen LogP contribution is 2.28. The molecule has 3 unspecified atom stereocenters. The van der Waals surface area contributed by atoms with Crippen LogP contribution in [-0.2, 0) is 10.2 Å². The zero-order valence-electron chi connectivity index (χ0n) is 13.3. The minimum absolute atomic E-state index is 0.469. The first-order chi connectivity index (χ1) is 9.96. The van der Waals surface area contributed by atoms with Crippen LogP contribution in [0.2, 0.25) is 0 Å². The fraction of sp³-hybridized carbons (Fsp3) is 1.00. The molecule has 0 aromatic carbocycles. The predicted molar refractivity (Wildman–Crippen MR) is 84.1 cm³/mol. The fourth-order valence-electron chi connectivity index (χ4n) is 3.45. The van der Waals surface area contributed by atoms with Crippen LogP contribution in [0.25, 0.3) is 0 Å². The largest absolute Gasteiger partial charge is 0.314 e. The van der Waals surface area contributed by atoms with Crippen molar-refractivity contribution in [3.63, 3.8) is 0 Å². The van der Waals surface area contributed by atoms with E-state index < -0.39 is 10.2 Å². The molecule has 2 aliphatic heterocycles. The second-order valence-electron chi connectivity index (χ2n) is 7.33. The highest BCUT2D eigenvalue weighted by Gasteiger charge is 2.39. The van der Waals surface area contributed by atoms with Gasteiger partial charge in [-0.15, -0.1) is 0 Å². The minimum atomic E-state index is -3.24. The molecule has 122 valence electrons. The van der Waals surface area contributed by atoms with Crippen molar-refractivity contribution < 1.29 is 8.42 Å². The average Bonchev–Trinajstić information content (AvgIpc) is 3.23. The molecule has 3 fully saturated rings. The van der Waals surface area contributed by atoms with Gasteiger partial charge in [0.15, 0.2) is 0 Å². The Morgan fingerprint density at radius 2 is 1.67 bits per heavy atom. The molecule has 5 nitrogen and oxygen atoms in total. The summed E-state index contributed by atoms with van der Waals surface area (Å²) in [7, 11) is -3.24. The van der Waals surface area contributed by atoms with Gasteiger partial charge in [0, 0.05) is 32.2 Å². The molecule has 1 N–H and O–H groups in total. The van der Waals surface area contributed by atoms with Gasteiger partial charge >= 0.3 is 0 Å². The highest BCUT2D eigenvalue weighted by atomic mass is 32.2. The normalized spacial score (nSPS) is 36.2. The van der Waals surface area contributed by atoms with E-state index in [4.69, 9.17) is 0 Å². The third-order valence-corrected chi connectivity index (χ3v) is 7.30. The zero-order valence-corrected chi connectivity index (χ0v) is 14.1. The SMILES string of the molecule is CC1CN(S(=O)(=O)N2CCCC(CNC3CC3)C2)CC1C. The number of nitrogens with one attached hydrogen (secondary N) is 1. The summed E-state index contributed by atoms with van der Waals surface area (Å²) >= 11 is 0. The maximum atomic E-state index is 12.8. The second kappa shape index (κ2) is 6.14. The maximum absolute atomic E-state index is 12.8. The van der Waals surface area contributed by atoms with E-state index in [-0.39, 0.29) is 0 Å². The Labute approximate surface area is 129 Å². The van der Waals surface area contributed by atoms with Crippen molar-refractivity contribution in [2.45, 2.75) is 45.6 Å². The first kappa shape index (κ1) is 15.7. The predicted octanol–water partition coefficient (Wildman–Crippen LogP) is 1.28. The molecule has 0 amide bonds. The third-order valence-electron chi connectivity index (χ3n) is 5.36. The lowest BCUT2D eigenvalue weighted by molar-refractivity contribution is 0.245. The Balaban J connectivity index is 1.58. The summed E-state index contributed by atoms with van der Waals surface area (Å²) in [5, 5.41) is 3.55. The summed E-state index contributed by atoms with van der Waals surface area (Å²) in [6.45, 7) is 8.04. The van der Waals surface area contributed by atoms with Gasteiger partial charge in [-0.3, -0.25) is 0 Å². The highest BCUT2D eigenvalue weighted by molar-refractivity contribution is 7.86. The van der Waals surface area contributed by atoms with E-state index in [1.807, 2.05) is 0 Å². The molecule has 0 aromatic rings. The molecule has 0 radical (unpaired) electrons. The number of rotatable bonds is 5. The van der Waals surface area contributed by atoms with Crippen LogP contribution >= 0.6 is 0 Å². The van der Waals surface area contributed by atoms with E-state index in [1.165, 1.54) is 12.8 Å². The fourth-order valence-corrected chi connectivity index (χ4v) is 5.39. The van der Waals surface area contributed by atoms with Crippen LogP contribution < -0.4 is 5.32 Å². The average molecular weight is 315 g/mol. The standard InChI is InChI=1S/C15H29N3O2S/c1-12-9-18(10-13(12)2)21(19,20)17-7-3-4-14(11-17)8-16-15-5-6-15/h12-16H,3-11H2,1-2H3. The van der Waals surface area contributed by atoms with Crippen LogP contribution in [0.3, 0.4) is 0 Å². The van der Waals surface area contributed by atoms with Crippen LogP contribution in [0, 0.1) is 17.8 Å². The van der Waals surface area contributed by atoms with Crippen molar-refractivity contribution in [3.8, 4) is 0 Å². The lowest BCUT2D eigenvalue weighted by Crippen LogP contribution is -2.48. The Morgan fingerprint density at radius 3 is 2.29 bits per heavy atom. The second-order valence-corrected chi connectivity index (χ2v) is 9.26. The maximum Gasteiger partial charge on any atom is 0.282 e. The van der Waals surface area contributed by atoms with E-state index in [0.29, 0.717) is 50.0 Å². The van der Waals surface area contributed by atoms with Gasteiger partial charge in [0.25, 0.3) is 10.2 Å². The number of nitrogens with zero attached hydrogens (tertiary/aromatic N) is 2. The Bertz CT molecular complexity index is 454. The molecule has 3 rings (SSSR count). The summed E-state index contributed by atoms with van der Waals surface area (Å²) in [4.78, 5) is 0. The Hall–Kier alpha value is -0.170. The quantitative estimate of drug-likeness (QED) is 0.831. The Kier molecular flexibility index (Phi) is 4.60. The van der Waals surface area contributed by atoms with Gasteiger partial charge in [-0.05, 0) is 50.0 Å². The van der Waals surface area contributed by atoms with Gasteiger partial charge < -0.3 is 5.32 Å². The molecule has 3 aliphatic rings. The van der Waals surface area contributed by atoms with Crippen molar-refractivity contribution in [3.05, 3.63) is 0 Å². The van der Waals surface area contributed by atoms with Gasteiger partial charge in [-0.2, -0.15) is 17.0 Å². The molecule has 1 saturated carbocycles. The van der Waals surface area contributed by atoms with Crippen LogP contribution in [0.4, 0.5) is 0 Å². The third kappa shape index (κ3) is 3.60. The Morgan fingerprint density at radius 1 is 1.00 bits per heavy atom. The summed E-state index contributed by atoms with van der Waals surface area (Å²) in [5.74, 6) is 1.42. The number of hydrogen-bond donors (Lipinski definition) is 1. The molecule has 0 aromatic heterocycles. The first-order valence-electron chi connectivity index (χ1n) is 8.45. The molecule has 6 heteroatoms. The van der Waals surface area contributed by atoms with Crippen molar-refractivity contribution in [1.29, 1.82) is 0 Å². The van der Waals surface area contributed by atoms with Crippen molar-refractivity contribution in [2.75, 3.05) is 32.7 Å². The molecule has 2 heterocycles. The molecule has 0 spiro atoms. The molecule has 21 heavy (non-hydrogen) atoms. The first-order valence-corrected chi connectivity index (χ1v) is 9.85. The van der Waals surface area contributed by atoms with Crippen LogP contribution in [0.1, 0.15) is 39.5 Å². The van der Waals surface area contributed by atoms with E-state index in [1.54, 1.807) is 8.61 Å². The monoisotopic (exact) mass is 315 g/mol. The van der Waals surface area contributed by atoms with Gasteiger partial charge in [0.05, 0.1) is 0 Å². The van der Waals surface area contributed by atoms with Crippen molar-refractivity contribution >= 4 is 10.2 Å². The van der Waals surface area contributed by atoms with Crippen molar-refractivity contribution in [2.24, 2.45) is 17.8 Å². The molecule has 1 aliphatic carbocycles. The van der Waals surface area contributed by atoms with Gasteiger partial charge in [-0.1, -0.05) is 13.8 Å². The van der Waals surface area contributed by atoms with E-state index in [0.717, 1.165) is 19.4 Å². The van der Waals surface area contributed by atoms with E-state index >= 15 is 0 Å². The van der Waals surface area contributed by atoms with Crippen molar-refractivity contribution in [1.82, 2.24) is 13.9 Å². The minimum Gasteiger partial charge on any atom is -0.314 e. The lowest BCUT2D eigenvalue weighted by Gasteiger charge is -2.34. The number of hydrogen-bond acceptors (Lipinski definition) is 3. The summed E-state index contributed by atoms with van der Waals surface area (Å²) in [6.07, 6.45) is 4.73. The van der Waals surface area contributed by atoms with Gasteiger partial charge in [0.1, 0.15) is 0 Å². The lowest BCUT2D eigenvalue weighted by atomic mass is 10.00. The summed E-state index contributed by atoms with van der Waals surface area (Å²) < 4.78 is 29.1. The van der Waals surface area contributed by atoms with E-state index in [9.17, 15) is 8.42 Å². The number of piperidine rings is 1. The summed E-state index contributed by atoms with van der Waals surface area (Å²) in [5.41, 5.74) is 0. The van der Waals surface area contributed by atoms with Gasteiger partial charge in [0.2, 0.25) is 0 Å². The molecule has 0 bridgehead atoms. The molecular weight excluding hydrogens is 286 g/mol.